The number of methoxy groups -OCH3 is 1. The molecule has 5 nitrogen and oxygen atoms in total. The van der Waals surface area contributed by atoms with Crippen molar-refractivity contribution < 1.29 is 41.7 Å². The number of hydrogen-bond acceptors (Lipinski definition) is 4. The third-order valence-electron chi connectivity index (χ3n) is 3.13. The van der Waals surface area contributed by atoms with E-state index in [0.29, 0.717) is 0 Å². The highest BCUT2D eigenvalue weighted by molar-refractivity contribution is 9.10. The minimum atomic E-state index is -4.86. The second kappa shape index (κ2) is 7.81. The third-order valence-corrected chi connectivity index (χ3v) is 3.74. The summed E-state index contributed by atoms with van der Waals surface area (Å²) < 4.78 is 64.5. The molecule has 0 fully saturated rings. The molecule has 0 saturated carbocycles. The second-order valence-corrected chi connectivity index (χ2v) is 5.73. The molecule has 0 saturated heterocycles. The Hall–Kier alpha value is -2.49. The Labute approximate surface area is 153 Å². The predicted octanol–water partition coefficient (Wildman–Crippen LogP) is 4.77. The van der Waals surface area contributed by atoms with E-state index in [9.17, 15) is 22.4 Å². The Balaban J connectivity index is 2.24. The van der Waals surface area contributed by atoms with Crippen molar-refractivity contribution in [2.45, 2.75) is 13.0 Å². The van der Waals surface area contributed by atoms with Gasteiger partial charge in [-0.3, -0.25) is 0 Å². The highest BCUT2D eigenvalue weighted by Gasteiger charge is 2.31. The zero-order valence-corrected chi connectivity index (χ0v) is 14.6. The molecule has 0 aliphatic heterocycles. The van der Waals surface area contributed by atoms with E-state index in [2.05, 4.69) is 20.7 Å². The largest absolute Gasteiger partial charge is 0.573 e. The summed E-state index contributed by atoms with van der Waals surface area (Å²) in [5.41, 5.74) is -0.148. The Bertz CT molecular complexity index is 823. The van der Waals surface area contributed by atoms with Gasteiger partial charge in [0.1, 0.15) is 18.2 Å². The maximum Gasteiger partial charge on any atom is 0.573 e. The zero-order valence-electron chi connectivity index (χ0n) is 13.1. The smallest absolute Gasteiger partial charge is 0.493 e. The number of ether oxygens (including phenoxy) is 3. The van der Waals surface area contributed by atoms with Gasteiger partial charge in [0.2, 0.25) is 0 Å². The first-order valence-corrected chi connectivity index (χ1v) is 7.68. The van der Waals surface area contributed by atoms with Gasteiger partial charge in [0.15, 0.2) is 11.5 Å². The van der Waals surface area contributed by atoms with Crippen LogP contribution in [0.1, 0.15) is 15.9 Å². The molecule has 0 atom stereocenters. The molecular weight excluding hydrogens is 428 g/mol. The van der Waals surface area contributed by atoms with Crippen molar-refractivity contribution in [2.75, 3.05) is 7.11 Å². The highest BCUT2D eigenvalue weighted by Crippen LogP contribution is 2.34. The summed E-state index contributed by atoms with van der Waals surface area (Å²) in [5.74, 6) is -2.60. The van der Waals surface area contributed by atoms with Crippen molar-refractivity contribution in [2.24, 2.45) is 0 Å². The number of halogens is 5. The van der Waals surface area contributed by atoms with Crippen LogP contribution >= 0.6 is 15.9 Å². The van der Waals surface area contributed by atoms with Crippen molar-refractivity contribution in [1.82, 2.24) is 0 Å². The van der Waals surface area contributed by atoms with Gasteiger partial charge < -0.3 is 19.3 Å². The first-order valence-electron chi connectivity index (χ1n) is 6.88. The van der Waals surface area contributed by atoms with Gasteiger partial charge in [-0.1, -0.05) is 0 Å². The lowest BCUT2D eigenvalue weighted by molar-refractivity contribution is -0.274. The molecule has 0 amide bonds. The zero-order chi connectivity index (χ0) is 19.5. The first kappa shape index (κ1) is 19.8. The standard InChI is InChI=1S/C16H11BrF4O5/c1-24-14-5-9(26-16(19,20)21)2-3-13(14)25-7-8-4-11(17)12(18)6-10(8)15(22)23/h2-6H,7H2,1H3,(H,22,23). The van der Waals surface area contributed by atoms with Gasteiger partial charge in [0.25, 0.3) is 0 Å². The number of alkyl halides is 3. The lowest BCUT2D eigenvalue weighted by Gasteiger charge is -2.14. The quantitative estimate of drug-likeness (QED) is 0.657. The molecular formula is C16H11BrF4O5. The average molecular weight is 439 g/mol. The van der Waals surface area contributed by atoms with Crippen LogP contribution < -0.4 is 14.2 Å². The molecule has 0 aromatic heterocycles. The van der Waals surface area contributed by atoms with Crippen molar-refractivity contribution in [1.29, 1.82) is 0 Å². The molecule has 10 heteroatoms. The van der Waals surface area contributed by atoms with Gasteiger partial charge in [0, 0.05) is 11.6 Å². The van der Waals surface area contributed by atoms with Gasteiger partial charge in [-0.2, -0.15) is 0 Å². The van der Waals surface area contributed by atoms with Crippen LogP contribution in [0.2, 0.25) is 0 Å². The lowest BCUT2D eigenvalue weighted by Crippen LogP contribution is -2.17. The molecule has 2 aromatic carbocycles. The molecule has 0 aliphatic carbocycles. The van der Waals surface area contributed by atoms with E-state index in [-0.39, 0.29) is 33.7 Å². The van der Waals surface area contributed by atoms with E-state index in [1.807, 2.05) is 0 Å². The molecule has 0 heterocycles. The number of hydrogen-bond donors (Lipinski definition) is 1. The monoisotopic (exact) mass is 438 g/mol. The van der Waals surface area contributed by atoms with E-state index in [0.717, 1.165) is 18.2 Å². The number of rotatable bonds is 6. The summed E-state index contributed by atoms with van der Waals surface area (Å²) in [6, 6.07) is 5.25. The van der Waals surface area contributed by atoms with Gasteiger partial charge in [0.05, 0.1) is 17.1 Å². The molecule has 1 N–H and O–H groups in total. The Morgan fingerprint density at radius 1 is 1.19 bits per heavy atom. The molecule has 0 aliphatic rings. The maximum atomic E-state index is 13.5. The number of carboxylic acids is 1. The predicted molar refractivity (Wildman–Crippen MR) is 85.1 cm³/mol. The fourth-order valence-corrected chi connectivity index (χ4v) is 2.42. The van der Waals surface area contributed by atoms with Crippen LogP contribution in [0, 0.1) is 5.82 Å². The van der Waals surface area contributed by atoms with Crippen molar-refractivity contribution in [3.8, 4) is 17.2 Å². The summed E-state index contributed by atoms with van der Waals surface area (Å²) in [5, 5.41) is 9.14. The van der Waals surface area contributed by atoms with Crippen LogP contribution in [0.25, 0.3) is 0 Å². The first-order chi connectivity index (χ1) is 12.1. The fraction of sp³-hybridized carbons (Fsp3) is 0.188. The molecule has 140 valence electrons. The third kappa shape index (κ3) is 5.01. The normalized spacial score (nSPS) is 11.2. The van der Waals surface area contributed by atoms with E-state index < -0.39 is 23.9 Å². The lowest BCUT2D eigenvalue weighted by atomic mass is 10.1. The van der Waals surface area contributed by atoms with E-state index in [1.165, 1.54) is 19.2 Å². The molecule has 2 aromatic rings. The Morgan fingerprint density at radius 3 is 2.46 bits per heavy atom. The van der Waals surface area contributed by atoms with Crippen LogP contribution in [0.15, 0.2) is 34.8 Å². The molecule has 26 heavy (non-hydrogen) atoms. The van der Waals surface area contributed by atoms with Crippen LogP contribution in [0.4, 0.5) is 17.6 Å². The number of carboxylic acid groups (broad SMARTS) is 1. The molecule has 2 rings (SSSR count). The fourth-order valence-electron chi connectivity index (χ4n) is 2.03. The number of carbonyl (C=O) groups is 1. The number of benzene rings is 2. The summed E-state index contributed by atoms with van der Waals surface area (Å²) in [6.07, 6.45) is -4.86. The van der Waals surface area contributed by atoms with E-state index in [1.54, 1.807) is 0 Å². The number of aromatic carboxylic acids is 1. The second-order valence-electron chi connectivity index (χ2n) is 4.88. The van der Waals surface area contributed by atoms with E-state index in [4.69, 9.17) is 14.6 Å². The average Bonchev–Trinajstić information content (AvgIpc) is 2.54. The summed E-state index contributed by atoms with van der Waals surface area (Å²) in [7, 11) is 1.22. The van der Waals surface area contributed by atoms with Crippen molar-refractivity contribution in [3.05, 3.63) is 51.7 Å². The molecule has 0 bridgehead atoms. The van der Waals surface area contributed by atoms with E-state index >= 15 is 0 Å². The van der Waals surface area contributed by atoms with Crippen LogP contribution in [0.3, 0.4) is 0 Å². The topological polar surface area (TPSA) is 65.0 Å². The van der Waals surface area contributed by atoms with Crippen LogP contribution in [-0.2, 0) is 6.61 Å². The molecule has 0 unspecified atom stereocenters. The minimum Gasteiger partial charge on any atom is -0.493 e. The van der Waals surface area contributed by atoms with Gasteiger partial charge in [-0.25, -0.2) is 9.18 Å². The maximum absolute atomic E-state index is 13.5. The van der Waals surface area contributed by atoms with Gasteiger partial charge >= 0.3 is 12.3 Å². The summed E-state index contributed by atoms with van der Waals surface area (Å²) in [6.45, 7) is -0.281. The van der Waals surface area contributed by atoms with Crippen LogP contribution in [-0.4, -0.2) is 24.5 Å². The van der Waals surface area contributed by atoms with Crippen molar-refractivity contribution in [3.63, 3.8) is 0 Å². The molecule has 0 spiro atoms. The minimum absolute atomic E-state index is 0.0435. The van der Waals surface area contributed by atoms with Crippen molar-refractivity contribution >= 4 is 21.9 Å². The van der Waals surface area contributed by atoms with Gasteiger partial charge in [-0.05, 0) is 40.2 Å². The highest BCUT2D eigenvalue weighted by atomic mass is 79.9. The molecule has 0 radical (unpaired) electrons. The van der Waals surface area contributed by atoms with Crippen LogP contribution in [0.5, 0.6) is 17.2 Å². The summed E-state index contributed by atoms with van der Waals surface area (Å²) >= 11 is 2.95. The summed E-state index contributed by atoms with van der Waals surface area (Å²) in [4.78, 5) is 11.2. The van der Waals surface area contributed by atoms with Gasteiger partial charge in [-0.15, -0.1) is 13.2 Å². The Morgan fingerprint density at radius 2 is 1.88 bits per heavy atom. The Kier molecular flexibility index (Phi) is 5.96. The SMILES string of the molecule is COc1cc(OC(F)(F)F)ccc1OCc1cc(Br)c(F)cc1C(=O)O.